The van der Waals surface area contributed by atoms with E-state index in [1.165, 1.54) is 29.0 Å². The first-order valence-corrected chi connectivity index (χ1v) is 13.7. The molecule has 0 atom stereocenters. The van der Waals surface area contributed by atoms with Crippen LogP contribution in [0.3, 0.4) is 0 Å². The molecule has 2 heterocycles. The van der Waals surface area contributed by atoms with Gasteiger partial charge in [-0.15, -0.1) is 0 Å². The highest BCUT2D eigenvalue weighted by atomic mass is 32.2. The van der Waals surface area contributed by atoms with Gasteiger partial charge >= 0.3 is 0 Å². The van der Waals surface area contributed by atoms with Gasteiger partial charge < -0.3 is 14.8 Å². The maximum Gasteiger partial charge on any atom is 0.232 e. The molecule has 0 radical (unpaired) electrons. The summed E-state index contributed by atoms with van der Waals surface area (Å²) in [4.78, 5) is 14.9. The summed E-state index contributed by atoms with van der Waals surface area (Å²) in [6, 6.07) is 13.4. The number of rotatable bonds is 10. The van der Waals surface area contributed by atoms with Crippen molar-refractivity contribution in [2.45, 2.75) is 38.8 Å². The first-order chi connectivity index (χ1) is 16.4. The fraction of sp³-hybridized carbons (Fsp3) is 0.480. The number of anilines is 1. The quantitative estimate of drug-likeness (QED) is 0.555. The maximum atomic E-state index is 12.4. The van der Waals surface area contributed by atoms with Gasteiger partial charge in [0.1, 0.15) is 13.2 Å². The van der Waals surface area contributed by atoms with Crippen molar-refractivity contribution in [3.8, 4) is 11.5 Å². The second-order valence-electron chi connectivity index (χ2n) is 8.85. The molecule has 2 aliphatic rings. The topological polar surface area (TPSA) is 88.2 Å². The lowest BCUT2D eigenvalue weighted by Crippen LogP contribution is -2.32. The summed E-state index contributed by atoms with van der Waals surface area (Å²) in [6.45, 7) is 4.82. The molecule has 2 aromatic carbocycles. The molecule has 1 saturated heterocycles. The Balaban J connectivity index is 1.27. The van der Waals surface area contributed by atoms with Gasteiger partial charge in [0.2, 0.25) is 15.9 Å². The number of benzene rings is 2. The number of nitrogens with one attached hydrogen (secondary N) is 1. The summed E-state index contributed by atoms with van der Waals surface area (Å²) in [5, 5.41) is 2.96. The molecule has 2 aromatic rings. The first kappa shape index (κ1) is 24.3. The number of carbonyl (C=O) groups is 1. The van der Waals surface area contributed by atoms with Crippen LogP contribution >= 0.6 is 0 Å². The monoisotopic (exact) mass is 487 g/mol. The highest BCUT2D eigenvalue weighted by Crippen LogP contribution is 2.34. The lowest BCUT2D eigenvalue weighted by Gasteiger charge is -2.25. The van der Waals surface area contributed by atoms with Crippen molar-refractivity contribution in [2.75, 3.05) is 43.4 Å². The molecular weight excluding hydrogens is 454 g/mol. The van der Waals surface area contributed by atoms with Crippen LogP contribution in [0.5, 0.6) is 11.5 Å². The van der Waals surface area contributed by atoms with Gasteiger partial charge in [-0.25, -0.2) is 8.42 Å². The highest BCUT2D eigenvalue weighted by Gasteiger charge is 2.21. The third-order valence-electron chi connectivity index (χ3n) is 6.07. The van der Waals surface area contributed by atoms with Crippen LogP contribution in [0, 0.1) is 0 Å². The molecule has 1 amide bonds. The van der Waals surface area contributed by atoms with Crippen LogP contribution in [0.1, 0.15) is 36.8 Å². The fourth-order valence-electron chi connectivity index (χ4n) is 4.38. The molecule has 9 heteroatoms. The van der Waals surface area contributed by atoms with Gasteiger partial charge in [0.05, 0.1) is 11.9 Å². The van der Waals surface area contributed by atoms with Gasteiger partial charge in [0.15, 0.2) is 11.5 Å². The second kappa shape index (κ2) is 11.1. The van der Waals surface area contributed by atoms with Crippen LogP contribution in [-0.4, -0.2) is 58.3 Å². The van der Waals surface area contributed by atoms with E-state index in [4.69, 9.17) is 9.47 Å². The molecule has 0 aliphatic carbocycles. The van der Waals surface area contributed by atoms with E-state index in [2.05, 4.69) is 22.3 Å². The highest BCUT2D eigenvalue weighted by molar-refractivity contribution is 7.92. The molecule has 4 rings (SSSR count). The van der Waals surface area contributed by atoms with Crippen molar-refractivity contribution in [1.82, 2.24) is 10.2 Å². The minimum Gasteiger partial charge on any atom is -0.486 e. The molecular formula is C25H33N3O5S. The third kappa shape index (κ3) is 6.64. The number of amides is 1. The standard InChI is InChI=1S/C25H33N3O5S/c1-34(30,31)28(22-9-10-23-24(17-22)33-15-14-32-23)13-5-8-25(29)26-18-20-6-4-7-21(16-20)19-27-11-2-3-12-27/h4,6-7,9-10,16-17H,2-3,5,8,11-15,18-19H2,1H3,(H,26,29). The number of carbonyl (C=O) groups excluding carboxylic acids is 1. The van der Waals surface area contributed by atoms with Crippen molar-refractivity contribution >= 4 is 21.6 Å². The van der Waals surface area contributed by atoms with Crippen LogP contribution in [0.4, 0.5) is 5.69 Å². The summed E-state index contributed by atoms with van der Waals surface area (Å²) in [6.07, 6.45) is 4.34. The van der Waals surface area contributed by atoms with E-state index in [0.29, 0.717) is 43.4 Å². The average Bonchev–Trinajstić information content (AvgIpc) is 3.33. The van der Waals surface area contributed by atoms with Crippen LogP contribution in [0.2, 0.25) is 0 Å². The summed E-state index contributed by atoms with van der Waals surface area (Å²) >= 11 is 0. The number of hydrogen-bond acceptors (Lipinski definition) is 6. The Kier molecular flexibility index (Phi) is 7.95. The Morgan fingerprint density at radius 1 is 1.03 bits per heavy atom. The molecule has 0 bridgehead atoms. The molecule has 8 nitrogen and oxygen atoms in total. The maximum absolute atomic E-state index is 12.4. The third-order valence-corrected chi connectivity index (χ3v) is 7.26. The summed E-state index contributed by atoms with van der Waals surface area (Å²) < 4.78 is 37.2. The lowest BCUT2D eigenvalue weighted by molar-refractivity contribution is -0.121. The minimum absolute atomic E-state index is 0.0967. The van der Waals surface area contributed by atoms with E-state index in [1.807, 2.05) is 12.1 Å². The zero-order valence-corrected chi connectivity index (χ0v) is 20.5. The van der Waals surface area contributed by atoms with Crippen LogP contribution in [0.15, 0.2) is 42.5 Å². The van der Waals surface area contributed by atoms with Crippen molar-refractivity contribution in [2.24, 2.45) is 0 Å². The predicted molar refractivity (Wildman–Crippen MR) is 132 cm³/mol. The van der Waals surface area contributed by atoms with E-state index in [9.17, 15) is 13.2 Å². The Morgan fingerprint density at radius 3 is 2.53 bits per heavy atom. The fourth-order valence-corrected chi connectivity index (χ4v) is 5.34. The van der Waals surface area contributed by atoms with Gasteiger partial charge in [-0.1, -0.05) is 24.3 Å². The summed E-state index contributed by atoms with van der Waals surface area (Å²) in [5.74, 6) is 1.04. The molecule has 184 valence electrons. The molecule has 0 spiro atoms. The van der Waals surface area contributed by atoms with Gasteiger partial charge in [-0.2, -0.15) is 0 Å². The van der Waals surface area contributed by atoms with Crippen molar-refractivity contribution in [3.63, 3.8) is 0 Å². The molecule has 0 unspecified atom stereocenters. The molecule has 0 aromatic heterocycles. The predicted octanol–water partition coefficient (Wildman–Crippen LogP) is 2.92. The van der Waals surface area contributed by atoms with E-state index in [-0.39, 0.29) is 18.9 Å². The zero-order valence-electron chi connectivity index (χ0n) is 19.7. The van der Waals surface area contributed by atoms with E-state index >= 15 is 0 Å². The molecule has 0 saturated carbocycles. The normalized spacial score (nSPS) is 15.8. The van der Waals surface area contributed by atoms with E-state index in [0.717, 1.165) is 25.2 Å². The summed E-state index contributed by atoms with van der Waals surface area (Å²) in [7, 11) is -3.51. The second-order valence-corrected chi connectivity index (χ2v) is 10.8. The Hall–Kier alpha value is -2.78. The van der Waals surface area contributed by atoms with Crippen molar-refractivity contribution in [1.29, 1.82) is 0 Å². The number of fused-ring (bicyclic) bond motifs is 1. The smallest absolute Gasteiger partial charge is 0.232 e. The molecule has 1 fully saturated rings. The minimum atomic E-state index is -3.51. The van der Waals surface area contributed by atoms with Gasteiger partial charge in [0, 0.05) is 32.1 Å². The number of likely N-dealkylation sites (tertiary alicyclic amines) is 1. The SMILES string of the molecule is CS(=O)(=O)N(CCCC(=O)NCc1cccc(CN2CCCC2)c1)c1ccc2c(c1)OCCO2. The number of hydrogen-bond donors (Lipinski definition) is 1. The lowest BCUT2D eigenvalue weighted by atomic mass is 10.1. The van der Waals surface area contributed by atoms with Crippen molar-refractivity contribution in [3.05, 3.63) is 53.6 Å². The van der Waals surface area contributed by atoms with Gasteiger partial charge in [-0.3, -0.25) is 14.0 Å². The van der Waals surface area contributed by atoms with Gasteiger partial charge in [-0.05, 0) is 55.6 Å². The number of sulfonamides is 1. The average molecular weight is 488 g/mol. The van der Waals surface area contributed by atoms with Crippen molar-refractivity contribution < 1.29 is 22.7 Å². The molecule has 2 aliphatic heterocycles. The number of nitrogens with zero attached hydrogens (tertiary/aromatic N) is 2. The largest absolute Gasteiger partial charge is 0.486 e. The first-order valence-electron chi connectivity index (χ1n) is 11.8. The Morgan fingerprint density at radius 2 is 1.76 bits per heavy atom. The van der Waals surface area contributed by atoms with Crippen LogP contribution in [-0.2, 0) is 27.9 Å². The van der Waals surface area contributed by atoms with E-state index < -0.39 is 10.0 Å². The van der Waals surface area contributed by atoms with Crippen LogP contribution in [0.25, 0.3) is 0 Å². The number of ether oxygens (including phenoxy) is 2. The molecule has 1 N–H and O–H groups in total. The summed E-state index contributed by atoms with van der Waals surface area (Å²) in [5.41, 5.74) is 2.83. The van der Waals surface area contributed by atoms with E-state index in [1.54, 1.807) is 18.2 Å². The van der Waals surface area contributed by atoms with Crippen LogP contribution < -0.4 is 19.1 Å². The Bertz CT molecular complexity index is 1100. The Labute approximate surface area is 201 Å². The zero-order chi connectivity index (χ0) is 24.0. The molecule has 34 heavy (non-hydrogen) atoms. The van der Waals surface area contributed by atoms with Gasteiger partial charge in [0.25, 0.3) is 0 Å².